The van der Waals surface area contributed by atoms with Gasteiger partial charge in [0, 0.05) is 12.8 Å². The van der Waals surface area contributed by atoms with Gasteiger partial charge in [0.05, 0.1) is 31.5 Å². The van der Waals surface area contributed by atoms with Gasteiger partial charge in [0.1, 0.15) is 0 Å². The molecule has 5 atom stereocenters. The number of nitrogens with zero attached hydrogens (tertiary/aromatic N) is 1. The highest BCUT2D eigenvalue weighted by Gasteiger charge is 2.40. The molecular formula is C26H39NO8. The number of unbranched alkanes of at least 4 members (excludes halogenated alkanes) is 1. The molecule has 0 amide bonds. The zero-order valence-electron chi connectivity index (χ0n) is 20.2. The molecule has 1 aliphatic carbocycles. The Hall–Kier alpha value is -2.49. The average molecular weight is 494 g/mol. The summed E-state index contributed by atoms with van der Waals surface area (Å²) in [7, 11) is 0. The quantitative estimate of drug-likeness (QED) is 0.0987. The minimum absolute atomic E-state index is 0.0460. The van der Waals surface area contributed by atoms with Crippen LogP contribution in [0.1, 0.15) is 63.4 Å². The lowest BCUT2D eigenvalue weighted by atomic mass is 9.85. The van der Waals surface area contributed by atoms with Crippen LogP contribution < -0.4 is 0 Å². The second-order valence-corrected chi connectivity index (χ2v) is 9.18. The maximum atomic E-state index is 11.7. The molecule has 0 aromatic heterocycles. The molecule has 0 spiro atoms. The molecule has 0 aliphatic heterocycles. The van der Waals surface area contributed by atoms with Crippen LogP contribution in [-0.4, -0.2) is 57.9 Å². The van der Waals surface area contributed by atoms with Gasteiger partial charge in [-0.1, -0.05) is 42.5 Å². The summed E-state index contributed by atoms with van der Waals surface area (Å²) in [5, 5.41) is 40.4. The van der Waals surface area contributed by atoms with E-state index in [4.69, 9.17) is 4.74 Å². The van der Waals surface area contributed by atoms with E-state index in [2.05, 4.69) is 4.84 Å². The van der Waals surface area contributed by atoms with Gasteiger partial charge in [0.25, 0.3) is 5.09 Å². The highest BCUT2D eigenvalue weighted by molar-refractivity contribution is 5.69. The minimum Gasteiger partial charge on any atom is -0.466 e. The fraction of sp³-hybridized carbons (Fsp3) is 0.654. The molecule has 1 unspecified atom stereocenters. The fourth-order valence-electron chi connectivity index (χ4n) is 4.60. The van der Waals surface area contributed by atoms with Gasteiger partial charge in [-0.25, -0.2) is 0 Å². The van der Waals surface area contributed by atoms with E-state index in [0.29, 0.717) is 44.9 Å². The van der Waals surface area contributed by atoms with Crippen LogP contribution in [0.25, 0.3) is 0 Å². The molecule has 9 nitrogen and oxygen atoms in total. The van der Waals surface area contributed by atoms with Crippen molar-refractivity contribution in [2.45, 2.75) is 82.5 Å². The van der Waals surface area contributed by atoms with Crippen LogP contribution in [0.2, 0.25) is 0 Å². The third kappa shape index (κ3) is 11.7. The Balaban J connectivity index is 1.62. The maximum Gasteiger partial charge on any atom is 0.305 e. The maximum absolute atomic E-state index is 11.7. The van der Waals surface area contributed by atoms with E-state index in [0.717, 1.165) is 6.42 Å². The number of carbonyl (C=O) groups is 1. The molecule has 196 valence electrons. The number of carbonyl (C=O) groups excluding carboxylic acids is 1. The Morgan fingerprint density at radius 2 is 1.83 bits per heavy atom. The highest BCUT2D eigenvalue weighted by Crippen LogP contribution is 2.38. The monoisotopic (exact) mass is 493 g/mol. The summed E-state index contributed by atoms with van der Waals surface area (Å²) in [4.78, 5) is 25.8. The molecule has 2 rings (SSSR count). The van der Waals surface area contributed by atoms with E-state index < -0.39 is 23.4 Å². The van der Waals surface area contributed by atoms with Crippen LogP contribution in [0.4, 0.5) is 0 Å². The van der Waals surface area contributed by atoms with E-state index in [9.17, 15) is 30.2 Å². The van der Waals surface area contributed by atoms with Gasteiger partial charge in [-0.3, -0.25) is 4.79 Å². The first-order chi connectivity index (χ1) is 16.9. The van der Waals surface area contributed by atoms with E-state index in [-0.39, 0.29) is 43.9 Å². The highest BCUT2D eigenvalue weighted by atomic mass is 16.9. The minimum atomic E-state index is -0.877. The lowest BCUT2D eigenvalue weighted by Gasteiger charge is -2.23. The lowest BCUT2D eigenvalue weighted by molar-refractivity contribution is -0.757. The molecule has 0 bridgehead atoms. The molecule has 0 radical (unpaired) electrons. The van der Waals surface area contributed by atoms with Crippen LogP contribution in [0.5, 0.6) is 0 Å². The van der Waals surface area contributed by atoms with Crippen molar-refractivity contribution in [3.63, 3.8) is 0 Å². The Bertz CT molecular complexity index is 772. The van der Waals surface area contributed by atoms with Crippen LogP contribution in [0, 0.1) is 22.0 Å². The van der Waals surface area contributed by atoms with Gasteiger partial charge >= 0.3 is 5.97 Å². The van der Waals surface area contributed by atoms with Crippen molar-refractivity contribution in [3.05, 3.63) is 58.2 Å². The first-order valence-corrected chi connectivity index (χ1v) is 12.5. The second-order valence-electron chi connectivity index (χ2n) is 9.18. The number of hydrogen-bond donors (Lipinski definition) is 3. The smallest absolute Gasteiger partial charge is 0.305 e. The van der Waals surface area contributed by atoms with Gasteiger partial charge in [-0.2, -0.15) is 0 Å². The molecule has 1 aliphatic rings. The third-order valence-corrected chi connectivity index (χ3v) is 6.54. The third-order valence-electron chi connectivity index (χ3n) is 6.54. The fourth-order valence-corrected chi connectivity index (χ4v) is 4.60. The van der Waals surface area contributed by atoms with Crippen molar-refractivity contribution in [1.82, 2.24) is 0 Å². The molecule has 1 saturated carbocycles. The van der Waals surface area contributed by atoms with Gasteiger partial charge in [0.15, 0.2) is 0 Å². The average Bonchev–Trinajstić information content (AvgIpc) is 3.10. The number of ether oxygens (including phenoxy) is 1. The Morgan fingerprint density at radius 3 is 2.57 bits per heavy atom. The largest absolute Gasteiger partial charge is 0.466 e. The standard InChI is InChI=1S/C26H39NO8/c28-21(14-13-20-9-4-3-5-10-20)15-16-23-22(24(29)19-25(23)30)11-6-1-2-7-12-26(31)34-17-8-18-35-27(32)33/h1,3-6,9-10,21-25,28-30H,2,7-8,11-19H2/b6-1-/t21?,22-,23-,24+,25-/m0/s1. The second kappa shape index (κ2) is 16.2. The number of esters is 1. The molecule has 1 fully saturated rings. The summed E-state index contributed by atoms with van der Waals surface area (Å²) >= 11 is 0. The molecule has 3 N–H and O–H groups in total. The first-order valence-electron chi connectivity index (χ1n) is 12.5. The van der Waals surface area contributed by atoms with Crippen molar-refractivity contribution < 1.29 is 34.8 Å². The number of hydrogen-bond acceptors (Lipinski definition) is 8. The summed E-state index contributed by atoms with van der Waals surface area (Å²) in [5.41, 5.74) is 1.20. The predicted octanol–water partition coefficient (Wildman–Crippen LogP) is 3.38. The summed E-state index contributed by atoms with van der Waals surface area (Å²) in [5.74, 6) is -0.441. The van der Waals surface area contributed by atoms with Crippen molar-refractivity contribution in [2.24, 2.45) is 11.8 Å². The molecule has 35 heavy (non-hydrogen) atoms. The summed E-state index contributed by atoms with van der Waals surface area (Å²) in [6.45, 7) is -0.00881. The van der Waals surface area contributed by atoms with Crippen LogP contribution in [0.3, 0.4) is 0 Å². The van der Waals surface area contributed by atoms with E-state index >= 15 is 0 Å². The summed E-state index contributed by atoms with van der Waals surface area (Å²) < 4.78 is 4.99. The molecule has 0 heterocycles. The van der Waals surface area contributed by atoms with Crippen molar-refractivity contribution in [3.8, 4) is 0 Å². The predicted molar refractivity (Wildman–Crippen MR) is 130 cm³/mol. The van der Waals surface area contributed by atoms with Crippen molar-refractivity contribution in [2.75, 3.05) is 13.2 Å². The van der Waals surface area contributed by atoms with Gasteiger partial charge < -0.3 is 24.9 Å². The summed E-state index contributed by atoms with van der Waals surface area (Å²) in [6.07, 6.45) is 8.01. The number of allylic oxidation sites excluding steroid dienone is 2. The number of aliphatic hydroxyl groups is 3. The molecule has 0 saturated heterocycles. The van der Waals surface area contributed by atoms with Gasteiger partial charge in [0.2, 0.25) is 0 Å². The van der Waals surface area contributed by atoms with Crippen LogP contribution >= 0.6 is 0 Å². The number of aryl methyl sites for hydroxylation is 1. The molecule has 1 aromatic rings. The van der Waals surface area contributed by atoms with Gasteiger partial charge in [-0.15, -0.1) is 10.1 Å². The van der Waals surface area contributed by atoms with Crippen LogP contribution in [-0.2, 0) is 20.8 Å². The first kappa shape index (κ1) is 28.7. The number of benzene rings is 1. The zero-order chi connectivity index (χ0) is 25.5. The number of rotatable bonds is 17. The number of aliphatic hydroxyl groups excluding tert-OH is 3. The Labute approximate surface area is 206 Å². The van der Waals surface area contributed by atoms with Gasteiger partial charge in [-0.05, 0) is 68.8 Å². The van der Waals surface area contributed by atoms with Crippen molar-refractivity contribution >= 4 is 5.97 Å². The van der Waals surface area contributed by atoms with E-state index in [1.54, 1.807) is 0 Å². The molecule has 9 heteroatoms. The van der Waals surface area contributed by atoms with E-state index in [1.165, 1.54) is 5.56 Å². The van der Waals surface area contributed by atoms with Crippen LogP contribution in [0.15, 0.2) is 42.5 Å². The van der Waals surface area contributed by atoms with E-state index in [1.807, 2.05) is 42.5 Å². The summed E-state index contributed by atoms with van der Waals surface area (Å²) in [6, 6.07) is 10.0. The zero-order valence-corrected chi connectivity index (χ0v) is 20.2. The normalized spacial score (nSPS) is 22.8. The molecule has 1 aromatic carbocycles. The Morgan fingerprint density at radius 1 is 1.09 bits per heavy atom. The topological polar surface area (TPSA) is 139 Å². The lowest BCUT2D eigenvalue weighted by Crippen LogP contribution is -2.23. The van der Waals surface area contributed by atoms with Crippen molar-refractivity contribution in [1.29, 1.82) is 0 Å². The Kier molecular flexibility index (Phi) is 13.3. The SMILES string of the molecule is O=C(CCC/C=C\C[C@H]1[C@H](CCC(O)CCc2ccccc2)[C@@H](O)C[C@H]1O)OCCCO[N+](=O)[O-]. The molecular weight excluding hydrogens is 454 g/mol.